The monoisotopic (exact) mass is 290 g/mol. The SMILES string of the molecule is CC(=O)OC[C@@H]1C[C@H](OC(C)=O)[C@@H](OC(C)=O)C(O)O1. The van der Waals surface area contributed by atoms with Crippen molar-refractivity contribution in [2.45, 2.75) is 51.8 Å². The molecule has 0 amide bonds. The van der Waals surface area contributed by atoms with Crippen LogP contribution in [0.1, 0.15) is 27.2 Å². The minimum atomic E-state index is -1.46. The molecule has 0 aromatic rings. The predicted octanol–water partition coefficient (Wildman–Crippen LogP) is -0.480. The van der Waals surface area contributed by atoms with Crippen LogP contribution < -0.4 is 0 Å². The minimum absolute atomic E-state index is 0.0864. The van der Waals surface area contributed by atoms with Crippen molar-refractivity contribution in [1.29, 1.82) is 0 Å². The van der Waals surface area contributed by atoms with Gasteiger partial charge in [-0.05, 0) is 0 Å². The molecule has 1 fully saturated rings. The summed E-state index contributed by atoms with van der Waals surface area (Å²) in [5.41, 5.74) is 0. The third-order valence-corrected chi connectivity index (χ3v) is 2.57. The Morgan fingerprint density at radius 3 is 2.20 bits per heavy atom. The number of rotatable bonds is 4. The maximum absolute atomic E-state index is 11.1. The average Bonchev–Trinajstić information content (AvgIpc) is 2.29. The molecule has 0 bridgehead atoms. The fraction of sp³-hybridized carbons (Fsp3) is 0.750. The van der Waals surface area contributed by atoms with Crippen LogP contribution in [0.2, 0.25) is 0 Å². The third kappa shape index (κ3) is 5.14. The van der Waals surface area contributed by atoms with E-state index in [9.17, 15) is 19.5 Å². The number of hydrogen-bond donors (Lipinski definition) is 1. The lowest BCUT2D eigenvalue weighted by molar-refractivity contribution is -0.263. The van der Waals surface area contributed by atoms with E-state index in [4.69, 9.17) is 18.9 Å². The molecular weight excluding hydrogens is 272 g/mol. The standard InChI is InChI=1S/C12H18O8/c1-6(13)17-5-9-4-10(18-7(2)14)11(12(16)20-9)19-8(3)15/h9-12,16H,4-5H2,1-3H3/t9-,10-,11+,12?/m0/s1. The first-order valence-corrected chi connectivity index (χ1v) is 6.11. The Hall–Kier alpha value is -1.67. The Morgan fingerprint density at radius 2 is 1.70 bits per heavy atom. The van der Waals surface area contributed by atoms with Gasteiger partial charge < -0.3 is 24.1 Å². The van der Waals surface area contributed by atoms with Gasteiger partial charge in [0.15, 0.2) is 12.4 Å². The van der Waals surface area contributed by atoms with Crippen molar-refractivity contribution in [3.05, 3.63) is 0 Å². The van der Waals surface area contributed by atoms with Crippen LogP contribution in [-0.4, -0.2) is 54.2 Å². The van der Waals surface area contributed by atoms with Crippen molar-refractivity contribution >= 4 is 17.9 Å². The molecule has 0 radical (unpaired) electrons. The maximum atomic E-state index is 11.1. The van der Waals surface area contributed by atoms with Gasteiger partial charge in [0.2, 0.25) is 0 Å². The molecule has 0 aliphatic carbocycles. The van der Waals surface area contributed by atoms with Gasteiger partial charge in [-0.25, -0.2) is 0 Å². The summed E-state index contributed by atoms with van der Waals surface area (Å²) in [7, 11) is 0. The van der Waals surface area contributed by atoms with Crippen molar-refractivity contribution in [2.24, 2.45) is 0 Å². The molecule has 0 spiro atoms. The summed E-state index contributed by atoms with van der Waals surface area (Å²) in [6.45, 7) is 3.53. The number of aliphatic hydroxyl groups excluding tert-OH is 1. The van der Waals surface area contributed by atoms with Crippen LogP contribution in [0.5, 0.6) is 0 Å². The molecule has 8 heteroatoms. The molecule has 1 rings (SSSR count). The highest BCUT2D eigenvalue weighted by Gasteiger charge is 2.42. The van der Waals surface area contributed by atoms with Crippen LogP contribution in [-0.2, 0) is 33.3 Å². The number of aliphatic hydroxyl groups is 1. The summed E-state index contributed by atoms with van der Waals surface area (Å²) >= 11 is 0. The van der Waals surface area contributed by atoms with Crippen LogP contribution in [0, 0.1) is 0 Å². The summed E-state index contributed by atoms with van der Waals surface area (Å²) in [6, 6.07) is 0. The molecule has 0 aromatic carbocycles. The van der Waals surface area contributed by atoms with Gasteiger partial charge in [-0.1, -0.05) is 0 Å². The third-order valence-electron chi connectivity index (χ3n) is 2.57. The van der Waals surface area contributed by atoms with Gasteiger partial charge in [0.05, 0.1) is 6.10 Å². The number of carbonyl (C=O) groups is 3. The van der Waals surface area contributed by atoms with Crippen LogP contribution in [0.3, 0.4) is 0 Å². The summed E-state index contributed by atoms with van der Waals surface area (Å²) in [5.74, 6) is -1.70. The molecule has 114 valence electrons. The minimum Gasteiger partial charge on any atom is -0.463 e. The highest BCUT2D eigenvalue weighted by atomic mass is 16.7. The van der Waals surface area contributed by atoms with E-state index in [0.717, 1.165) is 0 Å². The van der Waals surface area contributed by atoms with Crippen molar-refractivity contribution in [1.82, 2.24) is 0 Å². The first-order chi connectivity index (χ1) is 9.29. The second-order valence-corrected chi connectivity index (χ2v) is 4.41. The van der Waals surface area contributed by atoms with E-state index in [1.54, 1.807) is 0 Å². The van der Waals surface area contributed by atoms with Crippen molar-refractivity contribution in [3.63, 3.8) is 0 Å². The molecule has 1 aliphatic heterocycles. The molecule has 8 nitrogen and oxygen atoms in total. The Labute approximate surface area is 115 Å². The molecule has 1 heterocycles. The van der Waals surface area contributed by atoms with Crippen LogP contribution in [0.15, 0.2) is 0 Å². The van der Waals surface area contributed by atoms with Gasteiger partial charge in [0, 0.05) is 27.2 Å². The number of carbonyl (C=O) groups excluding carboxylic acids is 3. The lowest BCUT2D eigenvalue weighted by Gasteiger charge is -2.37. The maximum Gasteiger partial charge on any atom is 0.303 e. The zero-order chi connectivity index (χ0) is 15.3. The van der Waals surface area contributed by atoms with E-state index in [-0.39, 0.29) is 13.0 Å². The highest BCUT2D eigenvalue weighted by Crippen LogP contribution is 2.24. The van der Waals surface area contributed by atoms with Gasteiger partial charge in [-0.15, -0.1) is 0 Å². The Bertz CT molecular complexity index is 380. The van der Waals surface area contributed by atoms with Crippen LogP contribution >= 0.6 is 0 Å². The van der Waals surface area contributed by atoms with Crippen LogP contribution in [0.4, 0.5) is 0 Å². The summed E-state index contributed by atoms with van der Waals surface area (Å²) in [5, 5.41) is 9.81. The van der Waals surface area contributed by atoms with E-state index in [0.29, 0.717) is 0 Å². The van der Waals surface area contributed by atoms with Gasteiger partial charge in [-0.2, -0.15) is 0 Å². The van der Waals surface area contributed by atoms with E-state index in [1.165, 1.54) is 20.8 Å². The zero-order valence-corrected chi connectivity index (χ0v) is 11.5. The van der Waals surface area contributed by atoms with Gasteiger partial charge in [-0.3, -0.25) is 14.4 Å². The Kier molecular flexibility index (Phi) is 5.90. The fourth-order valence-electron chi connectivity index (χ4n) is 1.88. The lowest BCUT2D eigenvalue weighted by atomic mass is 10.0. The molecule has 1 N–H and O–H groups in total. The first-order valence-electron chi connectivity index (χ1n) is 6.11. The Morgan fingerprint density at radius 1 is 1.10 bits per heavy atom. The van der Waals surface area contributed by atoms with E-state index < -0.39 is 42.5 Å². The highest BCUT2D eigenvalue weighted by molar-refractivity contribution is 5.67. The first kappa shape index (κ1) is 16.4. The average molecular weight is 290 g/mol. The molecule has 1 aliphatic rings. The molecule has 1 unspecified atom stereocenters. The summed E-state index contributed by atoms with van der Waals surface area (Å²) in [6.07, 6.45) is -3.93. The second-order valence-electron chi connectivity index (χ2n) is 4.41. The van der Waals surface area contributed by atoms with Crippen LogP contribution in [0.25, 0.3) is 0 Å². The van der Waals surface area contributed by atoms with E-state index in [2.05, 4.69) is 0 Å². The van der Waals surface area contributed by atoms with Crippen molar-refractivity contribution < 1.29 is 38.4 Å². The van der Waals surface area contributed by atoms with Gasteiger partial charge >= 0.3 is 17.9 Å². The molecule has 20 heavy (non-hydrogen) atoms. The topological polar surface area (TPSA) is 108 Å². The second kappa shape index (κ2) is 7.20. The summed E-state index contributed by atoms with van der Waals surface area (Å²) in [4.78, 5) is 32.8. The van der Waals surface area contributed by atoms with Crippen molar-refractivity contribution in [3.8, 4) is 0 Å². The van der Waals surface area contributed by atoms with Gasteiger partial charge in [0.25, 0.3) is 0 Å². The van der Waals surface area contributed by atoms with Crippen molar-refractivity contribution in [2.75, 3.05) is 6.61 Å². The largest absolute Gasteiger partial charge is 0.463 e. The molecule has 0 saturated carbocycles. The predicted molar refractivity (Wildman–Crippen MR) is 63.2 cm³/mol. The molecule has 0 aromatic heterocycles. The number of ether oxygens (including phenoxy) is 4. The zero-order valence-electron chi connectivity index (χ0n) is 11.5. The van der Waals surface area contributed by atoms with E-state index in [1.807, 2.05) is 0 Å². The molecular formula is C12H18O8. The summed E-state index contributed by atoms with van der Waals surface area (Å²) < 4.78 is 19.9. The van der Waals surface area contributed by atoms with E-state index >= 15 is 0 Å². The fourth-order valence-corrected chi connectivity index (χ4v) is 1.88. The smallest absolute Gasteiger partial charge is 0.303 e. The quantitative estimate of drug-likeness (QED) is 0.546. The molecule has 4 atom stereocenters. The molecule has 1 saturated heterocycles. The normalized spacial score (nSPS) is 29.4. The van der Waals surface area contributed by atoms with Gasteiger partial charge in [0.1, 0.15) is 12.7 Å². The lowest BCUT2D eigenvalue weighted by Crippen LogP contribution is -2.52. The Balaban J connectivity index is 2.71. The number of hydrogen-bond acceptors (Lipinski definition) is 8. The number of esters is 3.